The molecular formula is C7H2BrClF3N3. The van der Waals surface area contributed by atoms with Crippen molar-refractivity contribution >= 4 is 27.5 Å². The van der Waals surface area contributed by atoms with E-state index in [1.807, 2.05) is 0 Å². The Labute approximate surface area is 95.6 Å². The van der Waals surface area contributed by atoms with Crippen LogP contribution in [0.3, 0.4) is 0 Å². The first kappa shape index (κ1) is 12.2. The van der Waals surface area contributed by atoms with Crippen LogP contribution < -0.4 is 0 Å². The van der Waals surface area contributed by atoms with Crippen molar-refractivity contribution in [3.63, 3.8) is 0 Å². The molecule has 0 saturated carbocycles. The third-order valence-electron chi connectivity index (χ3n) is 1.59. The van der Waals surface area contributed by atoms with Gasteiger partial charge in [-0.1, -0.05) is 16.7 Å². The molecule has 0 fully saturated rings. The lowest BCUT2D eigenvalue weighted by Crippen LogP contribution is -1.99. The van der Waals surface area contributed by atoms with E-state index in [9.17, 15) is 13.2 Å². The van der Waals surface area contributed by atoms with Crippen molar-refractivity contribution in [2.24, 2.45) is 5.11 Å². The molecule has 0 aliphatic carbocycles. The lowest BCUT2D eigenvalue weighted by atomic mass is 10.2. The molecule has 0 radical (unpaired) electrons. The molecule has 1 aromatic carbocycles. The second-order valence-electron chi connectivity index (χ2n) is 2.44. The summed E-state index contributed by atoms with van der Waals surface area (Å²) >= 11 is 7.92. The molecule has 0 saturated heterocycles. The number of halogens is 5. The van der Waals surface area contributed by atoms with Crippen LogP contribution >= 0.6 is 27.5 Å². The Bertz CT molecular complexity index is 430. The Morgan fingerprint density at radius 2 is 1.87 bits per heavy atom. The van der Waals surface area contributed by atoms with E-state index in [1.54, 1.807) is 0 Å². The topological polar surface area (TPSA) is 48.8 Å². The third kappa shape index (κ3) is 2.19. The molecule has 15 heavy (non-hydrogen) atoms. The standard InChI is InChI=1S/C7H2BrClF3N3/c8-3-6(11)4(9)2(1-14-15-13)5(10)7(3)12/h1H2. The fourth-order valence-corrected chi connectivity index (χ4v) is 1.62. The molecule has 3 nitrogen and oxygen atoms in total. The van der Waals surface area contributed by atoms with Crippen LogP contribution in [0.15, 0.2) is 9.59 Å². The van der Waals surface area contributed by atoms with Crippen molar-refractivity contribution in [1.82, 2.24) is 0 Å². The van der Waals surface area contributed by atoms with Crippen LogP contribution in [0.5, 0.6) is 0 Å². The molecule has 0 N–H and O–H groups in total. The fourth-order valence-electron chi connectivity index (χ4n) is 0.892. The van der Waals surface area contributed by atoms with Crippen molar-refractivity contribution in [1.29, 1.82) is 0 Å². The second-order valence-corrected chi connectivity index (χ2v) is 3.61. The summed E-state index contributed by atoms with van der Waals surface area (Å²) in [4.78, 5) is 2.34. The molecule has 0 aliphatic rings. The zero-order chi connectivity index (χ0) is 11.6. The molecule has 0 aliphatic heterocycles. The lowest BCUT2D eigenvalue weighted by Gasteiger charge is -2.07. The first-order valence-electron chi connectivity index (χ1n) is 3.51. The van der Waals surface area contributed by atoms with Gasteiger partial charge in [-0.2, -0.15) is 0 Å². The maximum atomic E-state index is 13.2. The first-order chi connectivity index (χ1) is 7.00. The van der Waals surface area contributed by atoms with Crippen molar-refractivity contribution in [2.45, 2.75) is 6.54 Å². The molecule has 0 heterocycles. The summed E-state index contributed by atoms with van der Waals surface area (Å²) < 4.78 is 38.6. The van der Waals surface area contributed by atoms with Crippen molar-refractivity contribution in [3.05, 3.63) is 43.0 Å². The summed E-state index contributed by atoms with van der Waals surface area (Å²) in [6.45, 7) is -0.553. The fraction of sp³-hybridized carbons (Fsp3) is 0.143. The zero-order valence-electron chi connectivity index (χ0n) is 6.94. The lowest BCUT2D eigenvalue weighted by molar-refractivity contribution is 0.478. The highest BCUT2D eigenvalue weighted by Crippen LogP contribution is 2.32. The van der Waals surface area contributed by atoms with Gasteiger partial charge in [-0.15, -0.1) is 0 Å². The first-order valence-corrected chi connectivity index (χ1v) is 4.69. The third-order valence-corrected chi connectivity index (χ3v) is 2.68. The van der Waals surface area contributed by atoms with Gasteiger partial charge in [0.05, 0.1) is 16.0 Å². The van der Waals surface area contributed by atoms with Crippen LogP contribution in [-0.4, -0.2) is 0 Å². The maximum Gasteiger partial charge on any atom is 0.176 e. The summed E-state index contributed by atoms with van der Waals surface area (Å²) in [7, 11) is 0. The van der Waals surface area contributed by atoms with Gasteiger partial charge in [0.1, 0.15) is 0 Å². The van der Waals surface area contributed by atoms with Crippen LogP contribution in [-0.2, 0) is 6.54 Å². The molecule has 0 unspecified atom stereocenters. The average Bonchev–Trinajstić information content (AvgIpc) is 2.24. The van der Waals surface area contributed by atoms with Gasteiger partial charge in [0.15, 0.2) is 17.5 Å². The summed E-state index contributed by atoms with van der Waals surface area (Å²) in [5, 5.41) is 2.38. The van der Waals surface area contributed by atoms with Crippen LogP contribution in [0.4, 0.5) is 13.2 Å². The van der Waals surface area contributed by atoms with E-state index in [0.717, 1.165) is 0 Å². The summed E-state index contributed by atoms with van der Waals surface area (Å²) in [5.74, 6) is -3.86. The number of hydrogen-bond donors (Lipinski definition) is 0. The van der Waals surface area contributed by atoms with Gasteiger partial charge >= 0.3 is 0 Å². The quantitative estimate of drug-likeness (QED) is 0.257. The molecule has 0 amide bonds. The molecule has 1 aromatic rings. The van der Waals surface area contributed by atoms with E-state index >= 15 is 0 Å². The number of nitrogens with zero attached hydrogens (tertiary/aromatic N) is 3. The predicted octanol–water partition coefficient (Wildman–Crippen LogP) is 4.33. The van der Waals surface area contributed by atoms with Crippen LogP contribution in [0.2, 0.25) is 5.02 Å². The van der Waals surface area contributed by atoms with Gasteiger partial charge in [0.2, 0.25) is 0 Å². The van der Waals surface area contributed by atoms with Crippen LogP contribution in [0.25, 0.3) is 10.4 Å². The Morgan fingerprint density at radius 1 is 1.27 bits per heavy atom. The largest absolute Gasteiger partial charge is 0.204 e. The highest BCUT2D eigenvalue weighted by molar-refractivity contribution is 9.10. The molecule has 0 atom stereocenters. The summed E-state index contributed by atoms with van der Waals surface area (Å²) in [6.07, 6.45) is 0. The number of rotatable bonds is 2. The number of benzene rings is 1. The van der Waals surface area contributed by atoms with Gasteiger partial charge in [-0.25, -0.2) is 13.2 Å². The highest BCUT2D eigenvalue weighted by Gasteiger charge is 2.21. The summed E-state index contributed by atoms with van der Waals surface area (Å²) in [5.41, 5.74) is 7.49. The number of azide groups is 1. The van der Waals surface area contributed by atoms with Gasteiger partial charge in [0.25, 0.3) is 0 Å². The zero-order valence-corrected chi connectivity index (χ0v) is 9.28. The van der Waals surface area contributed by atoms with Crippen molar-refractivity contribution in [3.8, 4) is 0 Å². The van der Waals surface area contributed by atoms with E-state index in [2.05, 4.69) is 26.0 Å². The van der Waals surface area contributed by atoms with E-state index in [1.165, 1.54) is 0 Å². The molecular weight excluding hydrogens is 298 g/mol. The Balaban J connectivity index is 3.44. The Kier molecular flexibility index (Phi) is 3.84. The van der Waals surface area contributed by atoms with Crippen LogP contribution in [0.1, 0.15) is 5.56 Å². The van der Waals surface area contributed by atoms with Gasteiger partial charge < -0.3 is 0 Å². The molecule has 1 rings (SSSR count). The van der Waals surface area contributed by atoms with E-state index in [-0.39, 0.29) is 0 Å². The van der Waals surface area contributed by atoms with Crippen molar-refractivity contribution < 1.29 is 13.2 Å². The minimum Gasteiger partial charge on any atom is -0.204 e. The minimum absolute atomic E-state index is 0.507. The molecule has 0 bridgehead atoms. The normalized spacial score (nSPS) is 9.93. The predicted molar refractivity (Wildman–Crippen MR) is 51.9 cm³/mol. The molecule has 0 aromatic heterocycles. The van der Waals surface area contributed by atoms with Crippen LogP contribution in [0, 0.1) is 17.5 Å². The number of hydrogen-bond acceptors (Lipinski definition) is 1. The maximum absolute atomic E-state index is 13.2. The molecule has 80 valence electrons. The SMILES string of the molecule is [N-]=[N+]=NCc1c(F)c(F)c(Br)c(F)c1Cl. The van der Waals surface area contributed by atoms with Gasteiger partial charge in [0, 0.05) is 10.5 Å². The van der Waals surface area contributed by atoms with E-state index < -0.39 is 39.1 Å². The monoisotopic (exact) mass is 299 g/mol. The Hall–Kier alpha value is -0.910. The Morgan fingerprint density at radius 3 is 2.40 bits per heavy atom. The van der Waals surface area contributed by atoms with Crippen molar-refractivity contribution in [2.75, 3.05) is 0 Å². The second kappa shape index (κ2) is 4.74. The highest BCUT2D eigenvalue weighted by atomic mass is 79.9. The minimum atomic E-state index is -1.40. The van der Waals surface area contributed by atoms with E-state index in [0.29, 0.717) is 0 Å². The van der Waals surface area contributed by atoms with Gasteiger partial charge in [-0.05, 0) is 21.5 Å². The summed E-state index contributed by atoms with van der Waals surface area (Å²) in [6, 6.07) is 0. The van der Waals surface area contributed by atoms with E-state index in [4.69, 9.17) is 17.1 Å². The average molecular weight is 300 g/mol. The molecule has 8 heteroatoms. The smallest absolute Gasteiger partial charge is 0.176 e. The van der Waals surface area contributed by atoms with Gasteiger partial charge in [-0.3, -0.25) is 0 Å². The molecule has 0 spiro atoms.